The molecule has 0 amide bonds. The summed E-state index contributed by atoms with van der Waals surface area (Å²) < 4.78 is 5.26. The van der Waals surface area contributed by atoms with Crippen LogP contribution in [0.5, 0.6) is 0 Å². The highest BCUT2D eigenvalue weighted by Gasteiger charge is 2.12. The molecule has 0 unspecified atom stereocenters. The van der Waals surface area contributed by atoms with E-state index in [0.29, 0.717) is 34.6 Å². The van der Waals surface area contributed by atoms with Gasteiger partial charge in [0.2, 0.25) is 11.7 Å². The van der Waals surface area contributed by atoms with E-state index in [9.17, 15) is 4.79 Å². The van der Waals surface area contributed by atoms with Gasteiger partial charge in [0.15, 0.2) is 0 Å². The Balaban J connectivity index is 1.68. The van der Waals surface area contributed by atoms with Crippen molar-refractivity contribution in [1.82, 2.24) is 30.3 Å². The monoisotopic (exact) mass is 308 g/mol. The van der Waals surface area contributed by atoms with Crippen molar-refractivity contribution in [3.8, 4) is 11.4 Å². The van der Waals surface area contributed by atoms with Crippen molar-refractivity contribution < 1.29 is 4.52 Å². The molecule has 0 radical (unpaired) electrons. The van der Waals surface area contributed by atoms with Crippen LogP contribution >= 0.6 is 0 Å². The van der Waals surface area contributed by atoms with Crippen LogP contribution in [0.2, 0.25) is 0 Å². The fourth-order valence-electron chi connectivity index (χ4n) is 2.37. The quantitative estimate of drug-likeness (QED) is 0.594. The minimum absolute atomic E-state index is 0.201. The first-order valence-corrected chi connectivity index (χ1v) is 7.00. The number of nitrogens with zero attached hydrogens (tertiary/aromatic N) is 4. The molecule has 1 aromatic carbocycles. The summed E-state index contributed by atoms with van der Waals surface area (Å²) in [6.45, 7) is 1.93. The van der Waals surface area contributed by atoms with E-state index in [0.717, 1.165) is 11.4 Å². The fourth-order valence-corrected chi connectivity index (χ4v) is 2.37. The Morgan fingerprint density at radius 1 is 1.26 bits per heavy atom. The van der Waals surface area contributed by atoms with Gasteiger partial charge in [0.05, 0.1) is 29.3 Å². The second kappa shape index (κ2) is 5.16. The first-order valence-electron chi connectivity index (χ1n) is 7.00. The molecule has 0 saturated heterocycles. The average molecular weight is 308 g/mol. The topological polar surface area (TPSA) is 113 Å². The Bertz CT molecular complexity index is 1050. The lowest BCUT2D eigenvalue weighted by atomic mass is 10.1. The van der Waals surface area contributed by atoms with Gasteiger partial charge < -0.3 is 9.51 Å². The van der Waals surface area contributed by atoms with E-state index in [4.69, 9.17) is 4.52 Å². The Morgan fingerprint density at radius 3 is 3.00 bits per heavy atom. The maximum absolute atomic E-state index is 11.8. The van der Waals surface area contributed by atoms with Gasteiger partial charge >= 0.3 is 0 Å². The lowest BCUT2D eigenvalue weighted by Gasteiger charge is -1.97. The van der Waals surface area contributed by atoms with Gasteiger partial charge in [-0.15, -0.1) is 0 Å². The Labute approximate surface area is 129 Å². The first-order chi connectivity index (χ1) is 11.2. The molecule has 114 valence electrons. The standard InChI is InChI=1S/C15H12N6O2/c1-8-4-10(20-19-8)6-13-18-14(21-23-13)9-2-3-12-11(5-9)15(22)17-7-16-12/h2-5,7H,6H2,1H3,(H,19,20)(H,16,17,22). The van der Waals surface area contributed by atoms with Crippen molar-refractivity contribution in [3.63, 3.8) is 0 Å². The molecule has 0 fully saturated rings. The molecule has 4 aromatic rings. The Kier molecular flexibility index (Phi) is 3.00. The smallest absolute Gasteiger partial charge is 0.258 e. The molecule has 2 N–H and O–H groups in total. The van der Waals surface area contributed by atoms with Crippen LogP contribution in [0.4, 0.5) is 0 Å². The van der Waals surface area contributed by atoms with E-state index in [-0.39, 0.29) is 5.56 Å². The van der Waals surface area contributed by atoms with Crippen molar-refractivity contribution in [2.45, 2.75) is 13.3 Å². The van der Waals surface area contributed by atoms with Gasteiger partial charge in [-0.2, -0.15) is 10.1 Å². The number of benzene rings is 1. The van der Waals surface area contributed by atoms with Crippen LogP contribution in [0.15, 0.2) is 39.9 Å². The number of aromatic nitrogens is 6. The lowest BCUT2D eigenvalue weighted by Crippen LogP contribution is -2.06. The van der Waals surface area contributed by atoms with Crippen molar-refractivity contribution in [2.75, 3.05) is 0 Å². The van der Waals surface area contributed by atoms with Crippen molar-refractivity contribution in [2.24, 2.45) is 0 Å². The lowest BCUT2D eigenvalue weighted by molar-refractivity contribution is 0.385. The summed E-state index contributed by atoms with van der Waals surface area (Å²) >= 11 is 0. The first kappa shape index (κ1) is 13.4. The van der Waals surface area contributed by atoms with Crippen LogP contribution in [0, 0.1) is 6.92 Å². The molecule has 0 atom stereocenters. The molecule has 0 bridgehead atoms. The van der Waals surface area contributed by atoms with Crippen LogP contribution in [-0.2, 0) is 6.42 Å². The van der Waals surface area contributed by atoms with E-state index in [1.807, 2.05) is 19.1 Å². The third kappa shape index (κ3) is 2.50. The van der Waals surface area contributed by atoms with Crippen LogP contribution in [0.1, 0.15) is 17.3 Å². The SMILES string of the molecule is Cc1cc(Cc2nc(-c3ccc4nc[nH]c(=O)c4c3)no2)n[nH]1. The molecule has 3 aromatic heterocycles. The average Bonchev–Trinajstić information content (AvgIpc) is 3.17. The number of rotatable bonds is 3. The molecule has 4 rings (SSSR count). The predicted molar refractivity (Wildman–Crippen MR) is 81.8 cm³/mol. The Hall–Kier alpha value is -3.29. The number of aromatic amines is 2. The zero-order chi connectivity index (χ0) is 15.8. The highest BCUT2D eigenvalue weighted by molar-refractivity contribution is 5.82. The van der Waals surface area contributed by atoms with Gasteiger partial charge in [-0.3, -0.25) is 9.89 Å². The van der Waals surface area contributed by atoms with Crippen molar-refractivity contribution >= 4 is 10.9 Å². The van der Waals surface area contributed by atoms with E-state index >= 15 is 0 Å². The summed E-state index contributed by atoms with van der Waals surface area (Å²) in [5.74, 6) is 0.893. The molecule has 0 aliphatic rings. The third-order valence-electron chi connectivity index (χ3n) is 3.46. The summed E-state index contributed by atoms with van der Waals surface area (Å²) in [5, 5.41) is 11.5. The second-order valence-electron chi connectivity index (χ2n) is 5.19. The molecule has 23 heavy (non-hydrogen) atoms. The van der Waals surface area contributed by atoms with Gasteiger partial charge in [0, 0.05) is 11.3 Å². The van der Waals surface area contributed by atoms with Crippen molar-refractivity contribution in [1.29, 1.82) is 0 Å². The molecule has 8 nitrogen and oxygen atoms in total. The van der Waals surface area contributed by atoms with E-state index in [1.54, 1.807) is 12.1 Å². The van der Waals surface area contributed by atoms with Gasteiger partial charge in [0.25, 0.3) is 5.56 Å². The number of hydrogen-bond acceptors (Lipinski definition) is 6. The number of hydrogen-bond donors (Lipinski definition) is 2. The van der Waals surface area contributed by atoms with Crippen LogP contribution in [0.3, 0.4) is 0 Å². The molecule has 0 aliphatic carbocycles. The zero-order valence-corrected chi connectivity index (χ0v) is 12.2. The van der Waals surface area contributed by atoms with Crippen LogP contribution in [0.25, 0.3) is 22.3 Å². The number of nitrogens with one attached hydrogen (secondary N) is 2. The predicted octanol–water partition coefficient (Wildman–Crippen LogP) is 1.60. The largest absolute Gasteiger partial charge is 0.339 e. The molecule has 0 aliphatic heterocycles. The van der Waals surface area contributed by atoms with Gasteiger partial charge in [-0.1, -0.05) is 5.16 Å². The van der Waals surface area contributed by atoms with Crippen LogP contribution < -0.4 is 5.56 Å². The van der Waals surface area contributed by atoms with E-state index in [1.165, 1.54) is 6.33 Å². The van der Waals surface area contributed by atoms with E-state index in [2.05, 4.69) is 30.3 Å². The van der Waals surface area contributed by atoms with Gasteiger partial charge in [-0.05, 0) is 31.2 Å². The van der Waals surface area contributed by atoms with Crippen LogP contribution in [-0.4, -0.2) is 30.3 Å². The maximum atomic E-state index is 11.8. The summed E-state index contributed by atoms with van der Waals surface area (Å²) in [5.41, 5.74) is 2.92. The summed E-state index contributed by atoms with van der Waals surface area (Å²) in [6.07, 6.45) is 1.83. The minimum atomic E-state index is -0.201. The summed E-state index contributed by atoms with van der Waals surface area (Å²) in [7, 11) is 0. The minimum Gasteiger partial charge on any atom is -0.339 e. The highest BCUT2D eigenvalue weighted by Crippen LogP contribution is 2.20. The number of H-pyrrole nitrogens is 2. The zero-order valence-electron chi connectivity index (χ0n) is 12.2. The molecular weight excluding hydrogens is 296 g/mol. The second-order valence-corrected chi connectivity index (χ2v) is 5.19. The molecule has 0 saturated carbocycles. The normalized spacial score (nSPS) is 11.2. The van der Waals surface area contributed by atoms with Gasteiger partial charge in [0.1, 0.15) is 0 Å². The highest BCUT2D eigenvalue weighted by atomic mass is 16.5. The Morgan fingerprint density at radius 2 is 2.17 bits per heavy atom. The molecule has 8 heteroatoms. The molecule has 3 heterocycles. The summed E-state index contributed by atoms with van der Waals surface area (Å²) in [6, 6.07) is 7.19. The maximum Gasteiger partial charge on any atom is 0.258 e. The molecule has 0 spiro atoms. The molecular formula is C15H12N6O2. The number of fused-ring (bicyclic) bond motifs is 1. The van der Waals surface area contributed by atoms with Crippen molar-refractivity contribution in [3.05, 3.63) is 58.2 Å². The number of aryl methyl sites for hydroxylation is 1. The third-order valence-corrected chi connectivity index (χ3v) is 3.46. The van der Waals surface area contributed by atoms with E-state index < -0.39 is 0 Å². The van der Waals surface area contributed by atoms with Gasteiger partial charge in [-0.25, -0.2) is 4.98 Å². The fraction of sp³-hybridized carbons (Fsp3) is 0.133. The summed E-state index contributed by atoms with van der Waals surface area (Å²) in [4.78, 5) is 22.9.